The summed E-state index contributed by atoms with van der Waals surface area (Å²) in [5, 5.41) is 0.671. The van der Waals surface area contributed by atoms with Gasteiger partial charge >= 0.3 is 0 Å². The van der Waals surface area contributed by atoms with E-state index in [1.54, 1.807) is 29.4 Å². The van der Waals surface area contributed by atoms with Crippen LogP contribution in [0.2, 0.25) is 0 Å². The van der Waals surface area contributed by atoms with Gasteiger partial charge in [0, 0.05) is 25.5 Å². The molecule has 7 nitrogen and oxygen atoms in total. The lowest BCUT2D eigenvalue weighted by Gasteiger charge is -2.30. The fourth-order valence-electron chi connectivity index (χ4n) is 3.92. The van der Waals surface area contributed by atoms with Crippen LogP contribution in [0.3, 0.4) is 0 Å². The summed E-state index contributed by atoms with van der Waals surface area (Å²) in [5.41, 5.74) is 8.09. The highest BCUT2D eigenvalue weighted by Gasteiger charge is 2.28. The number of amides is 2. The van der Waals surface area contributed by atoms with Crippen molar-refractivity contribution >= 4 is 23.6 Å². The normalized spacial score (nSPS) is 13.0. The fraction of sp³-hybridized carbons (Fsp3) is 0.217. The Labute approximate surface area is 183 Å². The molecule has 158 valence electrons. The van der Waals surface area contributed by atoms with Crippen molar-refractivity contribution in [2.45, 2.75) is 24.5 Å². The quantitative estimate of drug-likeness (QED) is 0.622. The van der Waals surface area contributed by atoms with Crippen molar-refractivity contribution in [1.29, 1.82) is 0 Å². The van der Waals surface area contributed by atoms with Gasteiger partial charge in [0.1, 0.15) is 10.6 Å². The van der Waals surface area contributed by atoms with Crippen molar-refractivity contribution in [2.75, 3.05) is 12.8 Å². The van der Waals surface area contributed by atoms with Crippen molar-refractivity contribution in [1.82, 2.24) is 14.5 Å². The van der Waals surface area contributed by atoms with Gasteiger partial charge in [-0.3, -0.25) is 14.4 Å². The van der Waals surface area contributed by atoms with E-state index in [-0.39, 0.29) is 11.5 Å². The van der Waals surface area contributed by atoms with Crippen molar-refractivity contribution in [3.63, 3.8) is 0 Å². The Morgan fingerprint density at radius 2 is 1.94 bits per heavy atom. The van der Waals surface area contributed by atoms with E-state index in [2.05, 4.69) is 4.98 Å². The number of nitrogens with two attached hydrogens (primary N) is 1. The summed E-state index contributed by atoms with van der Waals surface area (Å²) >= 11 is 1.42. The molecule has 0 atom stereocenters. The molecular weight excluding hydrogens is 412 g/mol. The Morgan fingerprint density at radius 3 is 2.65 bits per heavy atom. The minimum atomic E-state index is -0.736. The molecule has 0 bridgehead atoms. The van der Waals surface area contributed by atoms with Crippen LogP contribution in [0.5, 0.6) is 0 Å². The number of nitrogens with zero attached hydrogens (tertiary/aromatic N) is 3. The van der Waals surface area contributed by atoms with E-state index in [4.69, 9.17) is 5.73 Å². The number of rotatable bonds is 5. The Hall–Kier alpha value is -3.39. The topological polar surface area (TPSA) is 98.3 Å². The maximum atomic E-state index is 13.2. The van der Waals surface area contributed by atoms with Crippen LogP contribution in [0.1, 0.15) is 37.4 Å². The average molecular weight is 435 g/mol. The average Bonchev–Trinajstić information content (AvgIpc) is 2.79. The smallest absolute Gasteiger partial charge is 0.264 e. The molecule has 0 radical (unpaired) electrons. The number of carbonyl (C=O) groups excluding carboxylic acids is 2. The first-order valence-electron chi connectivity index (χ1n) is 9.86. The number of benzene rings is 1. The van der Waals surface area contributed by atoms with E-state index >= 15 is 0 Å². The van der Waals surface area contributed by atoms with Crippen molar-refractivity contribution in [3.05, 3.63) is 93.0 Å². The van der Waals surface area contributed by atoms with Crippen molar-refractivity contribution < 1.29 is 9.59 Å². The number of fused-ring (bicyclic) bond motifs is 1. The minimum absolute atomic E-state index is 0.0201. The SMILES string of the molecule is CSc1ncccc1C(=O)N1CCc2c(cn(Cc3ccccc3)c(=O)c2C(N)=O)C1. The van der Waals surface area contributed by atoms with E-state index in [1.807, 2.05) is 36.6 Å². The Kier molecular flexibility index (Phi) is 5.90. The number of hydrogen-bond acceptors (Lipinski definition) is 5. The summed E-state index contributed by atoms with van der Waals surface area (Å²) in [7, 11) is 0. The van der Waals surface area contributed by atoms with Crippen LogP contribution < -0.4 is 11.3 Å². The van der Waals surface area contributed by atoms with E-state index in [0.717, 1.165) is 11.1 Å². The second-order valence-electron chi connectivity index (χ2n) is 7.33. The van der Waals surface area contributed by atoms with Gasteiger partial charge < -0.3 is 15.2 Å². The molecule has 3 aromatic rings. The number of pyridine rings is 2. The molecule has 0 aliphatic carbocycles. The number of primary amides is 1. The standard InChI is InChI=1S/C23H22N4O3S/c1-31-21-18(8-5-10-25-21)22(29)26-11-9-17-16(13-26)14-27(23(30)19(17)20(24)28)12-15-6-3-2-4-7-15/h2-8,10,14H,9,11-13H2,1H3,(H2,24,28). The minimum Gasteiger partial charge on any atom is -0.365 e. The van der Waals surface area contributed by atoms with Crippen LogP contribution >= 0.6 is 11.8 Å². The maximum Gasteiger partial charge on any atom is 0.264 e. The van der Waals surface area contributed by atoms with Crippen LogP contribution in [0.4, 0.5) is 0 Å². The lowest BCUT2D eigenvalue weighted by Crippen LogP contribution is -2.40. The fourth-order valence-corrected chi connectivity index (χ4v) is 4.46. The van der Waals surface area contributed by atoms with Gasteiger partial charge in [-0.2, -0.15) is 0 Å². The van der Waals surface area contributed by atoms with E-state index in [0.29, 0.717) is 42.2 Å². The van der Waals surface area contributed by atoms with Gasteiger partial charge in [0.2, 0.25) is 0 Å². The molecule has 0 unspecified atom stereocenters. The molecule has 31 heavy (non-hydrogen) atoms. The van der Waals surface area contributed by atoms with Gasteiger partial charge in [0.25, 0.3) is 17.4 Å². The molecule has 1 aliphatic rings. The summed E-state index contributed by atoms with van der Waals surface area (Å²) in [6, 6.07) is 13.0. The lowest BCUT2D eigenvalue weighted by atomic mass is 9.95. The van der Waals surface area contributed by atoms with Crippen LogP contribution in [-0.2, 0) is 19.5 Å². The van der Waals surface area contributed by atoms with E-state index in [1.165, 1.54) is 16.3 Å². The van der Waals surface area contributed by atoms with Gasteiger partial charge in [0.05, 0.1) is 12.1 Å². The van der Waals surface area contributed by atoms with Crippen LogP contribution in [0.15, 0.2) is 64.7 Å². The zero-order valence-electron chi connectivity index (χ0n) is 17.1. The second-order valence-corrected chi connectivity index (χ2v) is 8.12. The molecule has 2 aromatic heterocycles. The third-order valence-electron chi connectivity index (χ3n) is 5.39. The van der Waals surface area contributed by atoms with Gasteiger partial charge in [-0.1, -0.05) is 30.3 Å². The summed E-state index contributed by atoms with van der Waals surface area (Å²) < 4.78 is 1.50. The van der Waals surface area contributed by atoms with Crippen molar-refractivity contribution in [2.24, 2.45) is 5.73 Å². The molecule has 1 aromatic carbocycles. The van der Waals surface area contributed by atoms with Crippen LogP contribution in [0.25, 0.3) is 0 Å². The third-order valence-corrected chi connectivity index (χ3v) is 6.11. The molecule has 2 amide bonds. The van der Waals surface area contributed by atoms with E-state index in [9.17, 15) is 14.4 Å². The summed E-state index contributed by atoms with van der Waals surface area (Å²) in [5.74, 6) is -0.857. The van der Waals surface area contributed by atoms with Gasteiger partial charge in [-0.15, -0.1) is 11.8 Å². The highest BCUT2D eigenvalue weighted by molar-refractivity contribution is 7.98. The molecule has 8 heteroatoms. The first-order chi connectivity index (χ1) is 15.0. The van der Waals surface area contributed by atoms with Gasteiger partial charge in [0.15, 0.2) is 0 Å². The van der Waals surface area contributed by atoms with Crippen molar-refractivity contribution in [3.8, 4) is 0 Å². The first kappa shape index (κ1) is 20.9. The summed E-state index contributed by atoms with van der Waals surface area (Å²) in [4.78, 5) is 44.3. The van der Waals surface area contributed by atoms with E-state index < -0.39 is 11.5 Å². The third kappa shape index (κ3) is 4.11. The van der Waals surface area contributed by atoms with Gasteiger partial charge in [-0.25, -0.2) is 4.98 Å². The molecule has 0 spiro atoms. The van der Waals surface area contributed by atoms with Crippen LogP contribution in [0, 0.1) is 0 Å². The Morgan fingerprint density at radius 1 is 1.16 bits per heavy atom. The molecule has 0 saturated carbocycles. The van der Waals surface area contributed by atoms with Gasteiger partial charge in [-0.05, 0) is 41.5 Å². The van der Waals surface area contributed by atoms with Crippen LogP contribution in [-0.4, -0.2) is 39.1 Å². The molecule has 2 N–H and O–H groups in total. The maximum absolute atomic E-state index is 13.2. The summed E-state index contributed by atoms with van der Waals surface area (Å²) in [6.45, 7) is 1.02. The number of aromatic nitrogens is 2. The first-order valence-corrected chi connectivity index (χ1v) is 11.1. The zero-order valence-corrected chi connectivity index (χ0v) is 17.9. The Bertz CT molecular complexity index is 1210. The lowest BCUT2D eigenvalue weighted by molar-refractivity contribution is 0.0729. The molecule has 0 saturated heterocycles. The largest absolute Gasteiger partial charge is 0.365 e. The Balaban J connectivity index is 1.72. The zero-order chi connectivity index (χ0) is 22.0. The number of hydrogen-bond donors (Lipinski definition) is 1. The number of carbonyl (C=O) groups is 2. The summed E-state index contributed by atoms with van der Waals surface area (Å²) in [6.07, 6.45) is 5.69. The molecule has 1 aliphatic heterocycles. The predicted octanol–water partition coefficient (Wildman–Crippen LogP) is 2.31. The highest BCUT2D eigenvalue weighted by atomic mass is 32.2. The predicted molar refractivity (Wildman–Crippen MR) is 119 cm³/mol. The molecular formula is C23H22N4O3S. The monoisotopic (exact) mass is 434 g/mol. The molecule has 4 rings (SSSR count). The molecule has 0 fully saturated rings. The number of thioether (sulfide) groups is 1. The second kappa shape index (κ2) is 8.77. The molecule has 3 heterocycles. The highest BCUT2D eigenvalue weighted by Crippen LogP contribution is 2.25.